The number of aliphatic hydroxyl groups excluding tert-OH is 1. The Hall–Kier alpha value is -2.37. The van der Waals surface area contributed by atoms with Crippen molar-refractivity contribution in [1.82, 2.24) is 0 Å². The van der Waals surface area contributed by atoms with Crippen LogP contribution < -0.4 is 0 Å². The third-order valence-corrected chi connectivity index (χ3v) is 6.53. The van der Waals surface area contributed by atoms with Crippen LogP contribution in [-0.2, 0) is 24.2 Å². The number of benzene rings is 1. The van der Waals surface area contributed by atoms with Crippen molar-refractivity contribution in [2.75, 3.05) is 19.5 Å². The molecule has 0 aromatic heterocycles. The van der Waals surface area contributed by atoms with Crippen LogP contribution >= 0.6 is 0 Å². The summed E-state index contributed by atoms with van der Waals surface area (Å²) in [5.41, 5.74) is 2.34. The topological polar surface area (TPSA) is 102 Å². The second-order valence-corrected chi connectivity index (χ2v) is 9.20. The molecular weight excluding hydrogens is 382 g/mol. The van der Waals surface area contributed by atoms with Crippen molar-refractivity contribution in [2.24, 2.45) is 5.16 Å². The van der Waals surface area contributed by atoms with E-state index in [4.69, 9.17) is 14.7 Å². The number of nitrogens with zero attached hydrogens (tertiary/aromatic N) is 1. The zero-order chi connectivity index (χ0) is 20.8. The second kappa shape index (κ2) is 9.22. The molecule has 2 atom stereocenters. The zero-order valence-electron chi connectivity index (χ0n) is 16.3. The van der Waals surface area contributed by atoms with Gasteiger partial charge in [0, 0.05) is 31.1 Å². The molecule has 1 aromatic carbocycles. The molecule has 0 radical (unpaired) electrons. The fourth-order valence-electron chi connectivity index (χ4n) is 2.78. The summed E-state index contributed by atoms with van der Waals surface area (Å²) in [6.07, 6.45) is 1.26. The Labute approximate surface area is 165 Å². The van der Waals surface area contributed by atoms with Crippen molar-refractivity contribution in [3.63, 3.8) is 0 Å². The van der Waals surface area contributed by atoms with Crippen molar-refractivity contribution in [3.8, 4) is 11.8 Å². The third kappa shape index (κ3) is 5.12. The first kappa shape index (κ1) is 21.9. The summed E-state index contributed by atoms with van der Waals surface area (Å²) in [4.78, 5) is 17.7. The lowest BCUT2D eigenvalue weighted by Gasteiger charge is -2.27. The van der Waals surface area contributed by atoms with Crippen LogP contribution in [-0.4, -0.2) is 55.5 Å². The molecule has 152 valence electrons. The Morgan fingerprint density at radius 2 is 2.07 bits per heavy atom. The van der Waals surface area contributed by atoms with Gasteiger partial charge in [-0.25, -0.2) is 8.42 Å². The van der Waals surface area contributed by atoms with Gasteiger partial charge in [-0.1, -0.05) is 29.1 Å². The fourth-order valence-corrected chi connectivity index (χ4v) is 3.63. The van der Waals surface area contributed by atoms with Crippen LogP contribution in [0.25, 0.3) is 0 Å². The van der Waals surface area contributed by atoms with Crippen LogP contribution in [0, 0.1) is 11.8 Å². The Bertz CT molecular complexity index is 895. The highest BCUT2D eigenvalue weighted by molar-refractivity contribution is 7.92. The number of hydrogen-bond donors (Lipinski definition) is 1. The van der Waals surface area contributed by atoms with Crippen molar-refractivity contribution in [2.45, 2.75) is 44.0 Å². The number of oxime groups is 1. The van der Waals surface area contributed by atoms with Crippen LogP contribution in [0.2, 0.25) is 0 Å². The molecule has 0 amide bonds. The van der Waals surface area contributed by atoms with E-state index in [1.807, 2.05) is 24.3 Å². The monoisotopic (exact) mass is 407 g/mol. The van der Waals surface area contributed by atoms with Crippen molar-refractivity contribution < 1.29 is 27.9 Å². The van der Waals surface area contributed by atoms with E-state index < -0.39 is 26.7 Å². The number of aliphatic hydroxyl groups is 1. The number of rotatable bonds is 7. The van der Waals surface area contributed by atoms with E-state index in [0.29, 0.717) is 18.6 Å². The van der Waals surface area contributed by atoms with E-state index in [1.165, 1.54) is 6.92 Å². The molecule has 0 fully saturated rings. The van der Waals surface area contributed by atoms with Gasteiger partial charge in [0.1, 0.15) is 6.10 Å². The minimum absolute atomic E-state index is 0.0266. The molecule has 28 heavy (non-hydrogen) atoms. The average molecular weight is 407 g/mol. The first-order chi connectivity index (χ1) is 13.2. The number of sulfone groups is 1. The highest BCUT2D eigenvalue weighted by atomic mass is 32.2. The molecule has 1 heterocycles. The molecule has 0 aliphatic carbocycles. The minimum Gasteiger partial charge on any atom is -0.465 e. The maximum atomic E-state index is 12.3. The summed E-state index contributed by atoms with van der Waals surface area (Å²) in [5, 5.41) is 12.8. The van der Waals surface area contributed by atoms with Gasteiger partial charge in [-0.05, 0) is 31.5 Å². The van der Waals surface area contributed by atoms with Gasteiger partial charge >= 0.3 is 5.97 Å². The Morgan fingerprint density at radius 3 is 2.64 bits per heavy atom. The molecular formula is C20H25NO6S. The molecule has 1 aliphatic rings. The number of esters is 1. The normalized spacial score (nSPS) is 18.3. The van der Waals surface area contributed by atoms with E-state index in [-0.39, 0.29) is 19.6 Å². The number of hydrogen-bond acceptors (Lipinski definition) is 7. The summed E-state index contributed by atoms with van der Waals surface area (Å²) in [7, 11) is -3.71. The minimum atomic E-state index is -3.71. The predicted molar refractivity (Wildman–Crippen MR) is 106 cm³/mol. The summed E-state index contributed by atoms with van der Waals surface area (Å²) >= 11 is 0. The number of carbonyl (C=O) groups is 1. The van der Waals surface area contributed by atoms with Gasteiger partial charge in [0.2, 0.25) is 0 Å². The lowest BCUT2D eigenvalue weighted by molar-refractivity contribution is -0.146. The molecule has 1 aliphatic heterocycles. The maximum Gasteiger partial charge on any atom is 0.327 e. The van der Waals surface area contributed by atoms with E-state index >= 15 is 0 Å². The van der Waals surface area contributed by atoms with Crippen LogP contribution in [0.5, 0.6) is 0 Å². The van der Waals surface area contributed by atoms with Crippen molar-refractivity contribution in [3.05, 3.63) is 35.4 Å². The van der Waals surface area contributed by atoms with Crippen LogP contribution in [0.4, 0.5) is 0 Å². The first-order valence-electron chi connectivity index (χ1n) is 9.01. The molecule has 7 nitrogen and oxygen atoms in total. The van der Waals surface area contributed by atoms with Gasteiger partial charge in [0.15, 0.2) is 14.6 Å². The maximum absolute atomic E-state index is 12.3. The molecule has 0 spiro atoms. The molecule has 8 heteroatoms. The largest absolute Gasteiger partial charge is 0.465 e. The molecule has 0 saturated heterocycles. The van der Waals surface area contributed by atoms with Crippen molar-refractivity contribution in [1.29, 1.82) is 0 Å². The summed E-state index contributed by atoms with van der Waals surface area (Å²) in [6, 6.07) is 7.40. The van der Waals surface area contributed by atoms with Crippen LogP contribution in [0.1, 0.15) is 44.2 Å². The van der Waals surface area contributed by atoms with Crippen LogP contribution in [0.3, 0.4) is 0 Å². The Balaban J connectivity index is 2.08. The Morgan fingerprint density at radius 1 is 1.39 bits per heavy atom. The molecule has 2 rings (SSSR count). The standard InChI is InChI=1S/C20H25NO6S/c1-4-26-19(23)20(2,28(3,24)25)14-17-13-18(21-27-17)16-10-8-15(9-11-16)7-5-6-12-22/h8-11,17,22H,4,6,12-14H2,1-3H3. The van der Waals surface area contributed by atoms with Gasteiger partial charge in [0.25, 0.3) is 0 Å². The highest BCUT2D eigenvalue weighted by Crippen LogP contribution is 2.30. The van der Waals surface area contributed by atoms with Gasteiger partial charge in [-0.3, -0.25) is 4.79 Å². The highest BCUT2D eigenvalue weighted by Gasteiger charge is 2.48. The third-order valence-electron chi connectivity index (χ3n) is 4.56. The first-order valence-corrected chi connectivity index (χ1v) is 10.9. The summed E-state index contributed by atoms with van der Waals surface area (Å²) < 4.78 is 27.7. The number of ether oxygens (including phenoxy) is 1. The fraction of sp³-hybridized carbons (Fsp3) is 0.500. The smallest absolute Gasteiger partial charge is 0.327 e. The van der Waals surface area contributed by atoms with Gasteiger partial charge in [0.05, 0.1) is 18.9 Å². The zero-order valence-corrected chi connectivity index (χ0v) is 17.1. The summed E-state index contributed by atoms with van der Waals surface area (Å²) in [5.74, 6) is 5.02. The van der Waals surface area contributed by atoms with E-state index in [0.717, 1.165) is 17.4 Å². The van der Waals surface area contributed by atoms with Gasteiger partial charge in [-0.2, -0.15) is 0 Å². The summed E-state index contributed by atoms with van der Waals surface area (Å²) in [6.45, 7) is 3.12. The molecule has 1 aromatic rings. The molecule has 2 unspecified atom stereocenters. The van der Waals surface area contributed by atoms with E-state index in [1.54, 1.807) is 6.92 Å². The lowest BCUT2D eigenvalue weighted by Crippen LogP contribution is -2.47. The second-order valence-electron chi connectivity index (χ2n) is 6.75. The average Bonchev–Trinajstić information content (AvgIpc) is 3.10. The van der Waals surface area contributed by atoms with Crippen molar-refractivity contribution >= 4 is 21.5 Å². The van der Waals surface area contributed by atoms with Gasteiger partial charge < -0.3 is 14.7 Å². The number of carbonyl (C=O) groups excluding carboxylic acids is 1. The van der Waals surface area contributed by atoms with E-state index in [9.17, 15) is 13.2 Å². The molecule has 0 saturated carbocycles. The lowest BCUT2D eigenvalue weighted by atomic mass is 9.97. The SMILES string of the molecule is CCOC(=O)C(C)(CC1CC(c2ccc(C#CCCO)cc2)=NO1)S(C)(=O)=O. The van der Waals surface area contributed by atoms with Gasteiger partial charge in [-0.15, -0.1) is 0 Å². The molecule has 0 bridgehead atoms. The van der Waals surface area contributed by atoms with Crippen LogP contribution in [0.15, 0.2) is 29.4 Å². The predicted octanol–water partition coefficient (Wildman–Crippen LogP) is 1.67. The van der Waals surface area contributed by atoms with E-state index in [2.05, 4.69) is 17.0 Å². The molecule has 1 N–H and O–H groups in total. The Kier molecular flexibility index (Phi) is 7.22. The quantitative estimate of drug-likeness (QED) is 0.545.